The van der Waals surface area contributed by atoms with Gasteiger partial charge in [0.25, 0.3) is 0 Å². The molecule has 298 valence electrons. The van der Waals surface area contributed by atoms with Gasteiger partial charge in [0.2, 0.25) is 0 Å². The lowest BCUT2D eigenvalue weighted by molar-refractivity contribution is 0.669. The van der Waals surface area contributed by atoms with Crippen molar-refractivity contribution in [2.45, 2.75) is 39.5 Å². The van der Waals surface area contributed by atoms with Gasteiger partial charge >= 0.3 is 0 Å². The monoisotopic (exact) mass is 816 g/mol. The summed E-state index contributed by atoms with van der Waals surface area (Å²) >= 11 is 1.88. The molecule has 0 saturated heterocycles. The van der Waals surface area contributed by atoms with E-state index in [0.29, 0.717) is 11.8 Å². The van der Waals surface area contributed by atoms with Crippen molar-refractivity contribution >= 4 is 120 Å². The minimum Gasteiger partial charge on any atom is -0.454 e. The average Bonchev–Trinajstić information content (AvgIpc) is 3.89. The zero-order valence-corrected chi connectivity index (χ0v) is 36.0. The Labute approximate surface area is 365 Å². The first-order valence-corrected chi connectivity index (χ1v) is 22.5. The molecule has 0 atom stereocenters. The smallest absolute Gasteiger partial charge is 0.159 e. The van der Waals surface area contributed by atoms with Gasteiger partial charge in [0, 0.05) is 48.4 Å². The summed E-state index contributed by atoms with van der Waals surface area (Å²) in [6, 6.07) is 67.3. The van der Waals surface area contributed by atoms with Gasteiger partial charge in [-0.2, -0.15) is 0 Å². The topological polar surface area (TPSA) is 19.6 Å². The minimum atomic E-state index is 0.429. The fraction of sp³-hybridized carbons (Fsp3) is 0.103. The Morgan fingerprint density at radius 3 is 1.50 bits per heavy atom. The fourth-order valence-electron chi connectivity index (χ4n) is 9.81. The first-order chi connectivity index (χ1) is 30.4. The molecule has 0 amide bonds. The van der Waals surface area contributed by atoms with Crippen molar-refractivity contribution in [2.24, 2.45) is 0 Å². The van der Waals surface area contributed by atoms with Crippen LogP contribution in [0.1, 0.15) is 50.7 Å². The summed E-state index contributed by atoms with van der Waals surface area (Å²) in [6.07, 6.45) is 0. The van der Waals surface area contributed by atoms with Crippen LogP contribution < -0.4 is 9.80 Å². The molecule has 0 aliphatic heterocycles. The molecule has 0 fully saturated rings. The van der Waals surface area contributed by atoms with Gasteiger partial charge in [0.1, 0.15) is 5.58 Å². The quantitative estimate of drug-likeness (QED) is 0.142. The highest BCUT2D eigenvalue weighted by Gasteiger charge is 2.25. The van der Waals surface area contributed by atoms with Crippen molar-refractivity contribution < 1.29 is 4.42 Å². The van der Waals surface area contributed by atoms with Crippen molar-refractivity contribution in [3.63, 3.8) is 0 Å². The Morgan fingerprint density at radius 1 is 0.387 bits per heavy atom. The Balaban J connectivity index is 1.12. The van der Waals surface area contributed by atoms with E-state index in [2.05, 4.69) is 213 Å². The van der Waals surface area contributed by atoms with E-state index in [-0.39, 0.29) is 0 Å². The maximum atomic E-state index is 6.74. The molecule has 10 aromatic carbocycles. The lowest BCUT2D eigenvalue weighted by Crippen LogP contribution is -2.12. The number of hydrogen-bond acceptors (Lipinski definition) is 4. The van der Waals surface area contributed by atoms with Crippen LogP contribution in [0.4, 0.5) is 34.1 Å². The van der Waals surface area contributed by atoms with Gasteiger partial charge in [0.05, 0.1) is 27.4 Å². The van der Waals surface area contributed by atoms with E-state index in [0.717, 1.165) is 50.4 Å². The van der Waals surface area contributed by atoms with E-state index < -0.39 is 0 Å². The van der Waals surface area contributed by atoms with Gasteiger partial charge < -0.3 is 14.2 Å². The highest BCUT2D eigenvalue weighted by atomic mass is 32.1. The predicted octanol–water partition coefficient (Wildman–Crippen LogP) is 18.0. The van der Waals surface area contributed by atoms with Gasteiger partial charge in [-0.05, 0) is 105 Å². The molecular formula is C58H44N2OS. The average molecular weight is 817 g/mol. The summed E-state index contributed by atoms with van der Waals surface area (Å²) in [6.45, 7) is 9.03. The van der Waals surface area contributed by atoms with Crippen molar-refractivity contribution in [3.8, 4) is 0 Å². The molecule has 3 nitrogen and oxygen atoms in total. The standard InChI is InChI=1S/C58H44N2OS/c1-35(2)37-19-27-41(28-20-37)59(51-15-9-13-45-43-11-5-7-17-53(43)61-57(45)51)49-33-25-39-24-32-48-50(34-26-40-23-31-47(49)55(39)56(40)48)60(42-29-21-38(22-30-42)36(3)4)52-16-10-14-46-44-12-6-8-18-54(44)62-58(46)52/h5-36H,1-4H3. The third-order valence-electron chi connectivity index (χ3n) is 13.0. The SMILES string of the molecule is CC(C)c1ccc(N(c2ccc3ccc4c(N(c5ccc(C(C)C)cc5)c5cccc6c5sc5ccccc56)ccc5ccc2c3c54)c2cccc3c2oc2ccccc23)cc1. The van der Waals surface area contributed by atoms with Crippen LogP contribution in [-0.4, -0.2) is 0 Å². The van der Waals surface area contributed by atoms with Gasteiger partial charge in [-0.25, -0.2) is 0 Å². The van der Waals surface area contributed by atoms with Crippen LogP contribution in [0.3, 0.4) is 0 Å². The van der Waals surface area contributed by atoms with E-state index in [1.54, 1.807) is 0 Å². The van der Waals surface area contributed by atoms with E-state index in [1.165, 1.54) is 69.3 Å². The highest BCUT2D eigenvalue weighted by molar-refractivity contribution is 7.26. The third-order valence-corrected chi connectivity index (χ3v) is 14.2. The van der Waals surface area contributed by atoms with Gasteiger partial charge in [-0.15, -0.1) is 11.3 Å². The van der Waals surface area contributed by atoms with Crippen LogP contribution in [0.2, 0.25) is 0 Å². The predicted molar refractivity (Wildman–Crippen MR) is 268 cm³/mol. The van der Waals surface area contributed by atoms with Gasteiger partial charge in [0.15, 0.2) is 5.58 Å². The van der Waals surface area contributed by atoms with Crippen molar-refractivity contribution in [2.75, 3.05) is 9.80 Å². The molecular weight excluding hydrogens is 773 g/mol. The molecule has 4 heteroatoms. The maximum absolute atomic E-state index is 6.74. The molecule has 2 heterocycles. The highest BCUT2D eigenvalue weighted by Crippen LogP contribution is 2.51. The summed E-state index contributed by atoms with van der Waals surface area (Å²) in [5.41, 5.74) is 11.1. The number of nitrogens with zero attached hydrogens (tertiary/aromatic N) is 2. The summed E-state index contributed by atoms with van der Waals surface area (Å²) in [4.78, 5) is 4.91. The summed E-state index contributed by atoms with van der Waals surface area (Å²) in [5.74, 6) is 0.873. The molecule has 62 heavy (non-hydrogen) atoms. The third kappa shape index (κ3) is 5.63. The lowest BCUT2D eigenvalue weighted by Gasteiger charge is -2.30. The molecule has 0 aliphatic carbocycles. The first-order valence-electron chi connectivity index (χ1n) is 21.7. The van der Waals surface area contributed by atoms with Crippen LogP contribution in [0, 0.1) is 0 Å². The second-order valence-electron chi connectivity index (χ2n) is 17.3. The zero-order chi connectivity index (χ0) is 41.6. The Bertz CT molecular complexity index is 3410. The number of para-hydroxylation sites is 2. The number of fused-ring (bicyclic) bond motifs is 6. The van der Waals surface area contributed by atoms with Crippen LogP contribution in [0.15, 0.2) is 186 Å². The molecule has 0 radical (unpaired) electrons. The van der Waals surface area contributed by atoms with E-state index in [9.17, 15) is 0 Å². The number of anilines is 6. The van der Waals surface area contributed by atoms with Gasteiger partial charge in [-0.1, -0.05) is 149 Å². The number of hydrogen-bond donors (Lipinski definition) is 0. The summed E-state index contributed by atoms with van der Waals surface area (Å²) in [7, 11) is 0. The van der Waals surface area contributed by atoms with Crippen molar-refractivity contribution in [3.05, 3.63) is 193 Å². The van der Waals surface area contributed by atoms with Crippen molar-refractivity contribution in [1.82, 2.24) is 0 Å². The van der Waals surface area contributed by atoms with Crippen LogP contribution in [0.25, 0.3) is 74.4 Å². The molecule has 0 unspecified atom stereocenters. The Hall–Kier alpha value is -7.14. The lowest BCUT2D eigenvalue weighted by atomic mass is 9.91. The number of thiophene rings is 1. The normalized spacial score (nSPS) is 12.2. The number of furan rings is 1. The summed E-state index contributed by atoms with van der Waals surface area (Å²) < 4.78 is 9.33. The molecule has 0 saturated carbocycles. The first kappa shape index (κ1) is 36.7. The summed E-state index contributed by atoms with van der Waals surface area (Å²) in [5, 5.41) is 12.2. The van der Waals surface area contributed by atoms with Crippen LogP contribution >= 0.6 is 11.3 Å². The Morgan fingerprint density at radius 2 is 0.887 bits per heavy atom. The second-order valence-corrected chi connectivity index (χ2v) is 18.3. The van der Waals surface area contributed by atoms with Crippen LogP contribution in [0.5, 0.6) is 0 Å². The molecule has 2 aromatic heterocycles. The zero-order valence-electron chi connectivity index (χ0n) is 35.2. The Kier molecular flexibility index (Phi) is 8.42. The molecule has 0 N–H and O–H groups in total. The number of benzene rings is 10. The number of rotatable bonds is 8. The maximum Gasteiger partial charge on any atom is 0.159 e. The molecule has 0 aliphatic rings. The largest absolute Gasteiger partial charge is 0.454 e. The van der Waals surface area contributed by atoms with E-state index in [4.69, 9.17) is 4.42 Å². The van der Waals surface area contributed by atoms with Crippen molar-refractivity contribution in [1.29, 1.82) is 0 Å². The fourth-order valence-corrected chi connectivity index (χ4v) is 11.0. The van der Waals surface area contributed by atoms with Crippen LogP contribution in [-0.2, 0) is 0 Å². The minimum absolute atomic E-state index is 0.429. The molecule has 12 aromatic rings. The second kappa shape index (κ2) is 14.2. The van der Waals surface area contributed by atoms with E-state index in [1.807, 2.05) is 17.4 Å². The molecule has 0 bridgehead atoms. The molecule has 0 spiro atoms. The van der Waals surface area contributed by atoms with E-state index >= 15 is 0 Å². The van der Waals surface area contributed by atoms with Gasteiger partial charge in [-0.3, -0.25) is 0 Å². The molecule has 12 rings (SSSR count).